The number of hydrogen-bond donors (Lipinski definition) is 0. The lowest BCUT2D eigenvalue weighted by Crippen LogP contribution is -2.41. The van der Waals surface area contributed by atoms with E-state index < -0.39 is 31.8 Å². The third kappa shape index (κ3) is 4.79. The van der Waals surface area contributed by atoms with Gasteiger partial charge >= 0.3 is 0 Å². The van der Waals surface area contributed by atoms with Gasteiger partial charge in [-0.25, -0.2) is 16.8 Å². The number of aryl methyl sites for hydroxylation is 2. The smallest absolute Gasteiger partial charge is 0.258 e. The number of sulfone groups is 1. The van der Waals surface area contributed by atoms with Crippen LogP contribution in [-0.4, -0.2) is 51.9 Å². The van der Waals surface area contributed by atoms with Crippen LogP contribution < -0.4 is 4.90 Å². The van der Waals surface area contributed by atoms with Crippen molar-refractivity contribution in [1.29, 1.82) is 0 Å². The van der Waals surface area contributed by atoms with E-state index in [2.05, 4.69) is 0 Å². The molecule has 9 heteroatoms. The van der Waals surface area contributed by atoms with E-state index in [9.17, 15) is 21.6 Å². The van der Waals surface area contributed by atoms with Gasteiger partial charge in [-0.1, -0.05) is 19.9 Å². The lowest BCUT2D eigenvalue weighted by molar-refractivity contribution is 0.0983. The highest BCUT2D eigenvalue weighted by Crippen LogP contribution is 2.27. The second kappa shape index (κ2) is 9.17. The van der Waals surface area contributed by atoms with Crippen LogP contribution in [0.2, 0.25) is 0 Å². The number of carbonyl (C=O) groups excluding carboxylic acids is 1. The molecular formula is C23H28N2O5S2. The van der Waals surface area contributed by atoms with Crippen LogP contribution in [0.15, 0.2) is 58.8 Å². The van der Waals surface area contributed by atoms with Crippen molar-refractivity contribution in [1.82, 2.24) is 4.31 Å². The Morgan fingerprint density at radius 3 is 2.12 bits per heavy atom. The van der Waals surface area contributed by atoms with Crippen molar-refractivity contribution in [2.75, 3.05) is 23.7 Å². The van der Waals surface area contributed by atoms with Crippen molar-refractivity contribution < 1.29 is 21.6 Å². The SMILES string of the molecule is CCN(CC)S(=O)(=O)c1ccc(C(=O)N(c2ccc(C)c(C)c2)C2C=CS(=O)(=O)C2)cc1. The van der Waals surface area contributed by atoms with Crippen molar-refractivity contribution in [3.8, 4) is 0 Å². The van der Waals surface area contributed by atoms with E-state index in [4.69, 9.17) is 0 Å². The van der Waals surface area contributed by atoms with Gasteiger partial charge in [0.25, 0.3) is 5.91 Å². The van der Waals surface area contributed by atoms with Crippen LogP contribution in [0.25, 0.3) is 0 Å². The molecule has 0 saturated carbocycles. The summed E-state index contributed by atoms with van der Waals surface area (Å²) in [5, 5.41) is 1.14. The first-order chi connectivity index (χ1) is 15.0. The fourth-order valence-corrected chi connectivity index (χ4v) is 6.40. The molecule has 2 aromatic rings. The van der Waals surface area contributed by atoms with Gasteiger partial charge in [0.2, 0.25) is 10.0 Å². The number of anilines is 1. The zero-order chi connectivity index (χ0) is 23.7. The Labute approximate surface area is 190 Å². The van der Waals surface area contributed by atoms with Crippen LogP contribution in [0.4, 0.5) is 5.69 Å². The van der Waals surface area contributed by atoms with E-state index in [0.29, 0.717) is 18.8 Å². The summed E-state index contributed by atoms with van der Waals surface area (Å²) in [6.45, 7) is 8.12. The summed E-state index contributed by atoms with van der Waals surface area (Å²) in [4.78, 5) is 15.1. The molecule has 0 bridgehead atoms. The predicted octanol–water partition coefficient (Wildman–Crippen LogP) is 3.29. The van der Waals surface area contributed by atoms with Gasteiger partial charge in [0.05, 0.1) is 16.7 Å². The summed E-state index contributed by atoms with van der Waals surface area (Å²) in [5.74, 6) is -0.591. The summed E-state index contributed by atoms with van der Waals surface area (Å²) in [7, 11) is -7.02. The van der Waals surface area contributed by atoms with Crippen molar-refractivity contribution in [3.05, 3.63) is 70.6 Å². The first-order valence-electron chi connectivity index (χ1n) is 10.4. The zero-order valence-electron chi connectivity index (χ0n) is 18.6. The number of amides is 1. The van der Waals surface area contributed by atoms with E-state index in [1.54, 1.807) is 19.9 Å². The number of benzene rings is 2. The quantitative estimate of drug-likeness (QED) is 0.612. The van der Waals surface area contributed by atoms with Crippen LogP contribution in [0.1, 0.15) is 35.3 Å². The molecule has 1 aliphatic rings. The van der Waals surface area contributed by atoms with Crippen molar-refractivity contribution in [2.45, 2.75) is 38.6 Å². The molecule has 0 radical (unpaired) electrons. The molecule has 2 aromatic carbocycles. The van der Waals surface area contributed by atoms with Gasteiger partial charge in [0.15, 0.2) is 9.84 Å². The van der Waals surface area contributed by atoms with E-state index in [1.807, 2.05) is 26.0 Å². The molecule has 0 fully saturated rings. The number of nitrogens with zero attached hydrogens (tertiary/aromatic N) is 2. The Bertz CT molecular complexity index is 1250. The van der Waals surface area contributed by atoms with Crippen molar-refractivity contribution in [2.24, 2.45) is 0 Å². The minimum Gasteiger partial charge on any atom is -0.300 e. The normalized spacial score (nSPS) is 17.6. The summed E-state index contributed by atoms with van der Waals surface area (Å²) in [6.07, 6.45) is 1.52. The van der Waals surface area contributed by atoms with E-state index >= 15 is 0 Å². The van der Waals surface area contributed by atoms with Gasteiger partial charge in [-0.2, -0.15) is 4.31 Å². The van der Waals surface area contributed by atoms with Gasteiger partial charge in [-0.05, 0) is 67.4 Å². The highest BCUT2D eigenvalue weighted by molar-refractivity contribution is 7.94. The molecule has 32 heavy (non-hydrogen) atoms. The molecule has 0 saturated heterocycles. The van der Waals surface area contributed by atoms with Crippen molar-refractivity contribution in [3.63, 3.8) is 0 Å². The topological polar surface area (TPSA) is 91.8 Å². The average Bonchev–Trinajstić information content (AvgIpc) is 3.10. The molecule has 0 spiro atoms. The Morgan fingerprint density at radius 1 is 1.00 bits per heavy atom. The van der Waals surface area contributed by atoms with E-state index in [-0.39, 0.29) is 16.2 Å². The van der Waals surface area contributed by atoms with E-state index in [0.717, 1.165) is 16.5 Å². The molecule has 7 nitrogen and oxygen atoms in total. The monoisotopic (exact) mass is 476 g/mol. The summed E-state index contributed by atoms with van der Waals surface area (Å²) in [6, 6.07) is 10.7. The van der Waals surface area contributed by atoms with Gasteiger partial charge in [0, 0.05) is 29.7 Å². The minimum atomic E-state index is -3.64. The number of hydrogen-bond acceptors (Lipinski definition) is 5. The van der Waals surface area contributed by atoms with Gasteiger partial charge < -0.3 is 4.90 Å². The molecule has 1 unspecified atom stereocenters. The Kier molecular flexibility index (Phi) is 6.92. The standard InChI is InChI=1S/C23H28N2O5S2/c1-5-24(6-2)32(29,30)22-11-8-19(9-12-22)23(26)25(21-13-14-31(27,28)16-21)20-10-7-17(3)18(4)15-20/h7-15,21H,5-6,16H2,1-4H3. The number of sulfonamides is 1. The highest BCUT2D eigenvalue weighted by Gasteiger charge is 2.32. The predicted molar refractivity (Wildman–Crippen MR) is 126 cm³/mol. The minimum absolute atomic E-state index is 0.110. The second-order valence-corrected chi connectivity index (χ2v) is 11.7. The maximum atomic E-state index is 13.5. The van der Waals surface area contributed by atoms with Gasteiger partial charge in [-0.3, -0.25) is 4.79 Å². The lowest BCUT2D eigenvalue weighted by atomic mass is 10.1. The Morgan fingerprint density at radius 2 is 1.62 bits per heavy atom. The highest BCUT2D eigenvalue weighted by atomic mass is 32.2. The molecule has 0 aliphatic carbocycles. The fraction of sp³-hybridized carbons (Fsp3) is 0.348. The lowest BCUT2D eigenvalue weighted by Gasteiger charge is -2.28. The molecule has 1 heterocycles. The van der Waals surface area contributed by atoms with Crippen molar-refractivity contribution >= 4 is 31.5 Å². The Hall–Kier alpha value is -2.49. The average molecular weight is 477 g/mol. The summed E-state index contributed by atoms with van der Waals surface area (Å²) < 4.78 is 50.9. The third-order valence-electron chi connectivity index (χ3n) is 5.67. The summed E-state index contributed by atoms with van der Waals surface area (Å²) >= 11 is 0. The molecule has 172 valence electrons. The first kappa shape index (κ1) is 24.2. The van der Waals surface area contributed by atoms with E-state index in [1.165, 1.54) is 39.5 Å². The molecule has 0 aromatic heterocycles. The maximum Gasteiger partial charge on any atom is 0.258 e. The van der Waals surface area contributed by atoms with Crippen LogP contribution in [0.5, 0.6) is 0 Å². The largest absolute Gasteiger partial charge is 0.300 e. The third-order valence-corrected chi connectivity index (χ3v) is 9.12. The number of carbonyl (C=O) groups is 1. The van der Waals surface area contributed by atoms with Crippen LogP contribution >= 0.6 is 0 Å². The maximum absolute atomic E-state index is 13.5. The summed E-state index contributed by atoms with van der Waals surface area (Å²) in [5.41, 5.74) is 2.90. The van der Waals surface area contributed by atoms with Gasteiger partial charge in [0.1, 0.15) is 0 Å². The second-order valence-electron chi connectivity index (χ2n) is 7.78. The molecule has 1 aliphatic heterocycles. The molecule has 1 atom stereocenters. The molecule has 1 amide bonds. The van der Waals surface area contributed by atoms with Crippen LogP contribution in [0, 0.1) is 13.8 Å². The fourth-order valence-electron chi connectivity index (χ4n) is 3.68. The van der Waals surface area contributed by atoms with Crippen LogP contribution in [-0.2, 0) is 19.9 Å². The zero-order valence-corrected chi connectivity index (χ0v) is 20.3. The number of rotatable bonds is 7. The molecule has 3 rings (SSSR count). The first-order valence-corrected chi connectivity index (χ1v) is 13.6. The Balaban J connectivity index is 2.00. The molecular weight excluding hydrogens is 448 g/mol. The van der Waals surface area contributed by atoms with Crippen LogP contribution in [0.3, 0.4) is 0 Å². The van der Waals surface area contributed by atoms with Gasteiger partial charge in [-0.15, -0.1) is 0 Å². The molecule has 0 N–H and O–H groups in total.